The summed E-state index contributed by atoms with van der Waals surface area (Å²) in [5, 5.41) is 0. The molecule has 1 aliphatic rings. The van der Waals surface area contributed by atoms with E-state index in [1.165, 1.54) is 23.2 Å². The van der Waals surface area contributed by atoms with Crippen LogP contribution in [0.2, 0.25) is 0 Å². The summed E-state index contributed by atoms with van der Waals surface area (Å²) >= 11 is 0. The highest BCUT2D eigenvalue weighted by Crippen LogP contribution is 2.23. The monoisotopic (exact) mass is 373 g/mol. The first-order chi connectivity index (χ1) is 12.0. The quantitative estimate of drug-likeness (QED) is 0.816. The smallest absolute Gasteiger partial charge is 0.422 e. The average molecular weight is 373 g/mol. The Labute approximate surface area is 149 Å². The number of alkyl halides is 3. The fourth-order valence-corrected chi connectivity index (χ4v) is 2.58. The van der Waals surface area contributed by atoms with E-state index in [-0.39, 0.29) is 17.4 Å². The minimum atomic E-state index is -4.52. The van der Waals surface area contributed by atoms with Crippen LogP contribution in [0.25, 0.3) is 0 Å². The zero-order valence-electron chi connectivity index (χ0n) is 15.0. The molecule has 0 atom stereocenters. The lowest BCUT2D eigenvalue weighted by Crippen LogP contribution is -2.53. The van der Waals surface area contributed by atoms with Crippen LogP contribution in [-0.4, -0.2) is 65.6 Å². The van der Waals surface area contributed by atoms with Gasteiger partial charge in [0.25, 0.3) is 5.91 Å². The highest BCUT2D eigenvalue weighted by atomic mass is 19.4. The zero-order valence-corrected chi connectivity index (χ0v) is 15.0. The number of hydrogen-bond donors (Lipinski definition) is 0. The van der Waals surface area contributed by atoms with E-state index >= 15 is 0 Å². The van der Waals surface area contributed by atoms with Gasteiger partial charge in [0.15, 0.2) is 6.61 Å². The van der Waals surface area contributed by atoms with Crippen LogP contribution in [0, 0.1) is 5.41 Å². The predicted octanol–water partition coefficient (Wildman–Crippen LogP) is 2.35. The van der Waals surface area contributed by atoms with Gasteiger partial charge in [-0.15, -0.1) is 0 Å². The Hall–Kier alpha value is -2.32. The maximum absolute atomic E-state index is 12.6. The van der Waals surface area contributed by atoms with Crippen molar-refractivity contribution < 1.29 is 27.5 Å². The molecule has 0 aromatic carbocycles. The lowest BCUT2D eigenvalue weighted by Gasteiger charge is -2.37. The first-order valence-electron chi connectivity index (χ1n) is 8.22. The zero-order chi connectivity index (χ0) is 19.5. The normalized spacial score (nSPS) is 15.8. The second-order valence-electron chi connectivity index (χ2n) is 7.09. The second kappa shape index (κ2) is 7.51. The van der Waals surface area contributed by atoms with E-state index in [9.17, 15) is 22.8 Å². The molecule has 1 aromatic heterocycles. The number of carbonyl (C=O) groups excluding carboxylic acids is 2. The van der Waals surface area contributed by atoms with E-state index in [0.29, 0.717) is 26.2 Å². The van der Waals surface area contributed by atoms with E-state index in [1.54, 1.807) is 4.90 Å². The van der Waals surface area contributed by atoms with Crippen LogP contribution in [-0.2, 0) is 4.79 Å². The molecular formula is C17H22F3N3O3. The van der Waals surface area contributed by atoms with Crippen molar-refractivity contribution in [2.75, 3.05) is 32.8 Å². The van der Waals surface area contributed by atoms with Crippen LogP contribution in [0.15, 0.2) is 18.3 Å². The molecule has 9 heteroatoms. The number of halogens is 3. The maximum Gasteiger partial charge on any atom is 0.422 e. The summed E-state index contributed by atoms with van der Waals surface area (Å²) in [6.45, 7) is 5.31. The molecule has 0 aliphatic carbocycles. The molecule has 0 radical (unpaired) electrons. The molecule has 1 aromatic rings. The molecule has 0 N–H and O–H groups in total. The van der Waals surface area contributed by atoms with Gasteiger partial charge >= 0.3 is 6.18 Å². The maximum atomic E-state index is 12.6. The number of nitrogens with zero attached hydrogens (tertiary/aromatic N) is 3. The van der Waals surface area contributed by atoms with Gasteiger partial charge in [0, 0.05) is 37.8 Å². The molecule has 6 nitrogen and oxygen atoms in total. The molecule has 1 aliphatic heterocycles. The summed E-state index contributed by atoms with van der Waals surface area (Å²) in [6, 6.07) is 2.85. The average Bonchev–Trinajstić information content (AvgIpc) is 2.57. The topological polar surface area (TPSA) is 62.7 Å². The summed E-state index contributed by atoms with van der Waals surface area (Å²) in [7, 11) is 0. The van der Waals surface area contributed by atoms with Crippen molar-refractivity contribution in [3.8, 4) is 5.88 Å². The highest BCUT2D eigenvalue weighted by Gasteiger charge is 2.33. The van der Waals surface area contributed by atoms with Crippen LogP contribution < -0.4 is 4.74 Å². The summed E-state index contributed by atoms with van der Waals surface area (Å²) < 4.78 is 41.7. The Morgan fingerprint density at radius 3 is 2.23 bits per heavy atom. The van der Waals surface area contributed by atoms with Gasteiger partial charge in [0.05, 0.1) is 0 Å². The van der Waals surface area contributed by atoms with Crippen molar-refractivity contribution in [1.29, 1.82) is 0 Å². The Morgan fingerprint density at radius 1 is 1.12 bits per heavy atom. The van der Waals surface area contributed by atoms with Crippen LogP contribution in [0.1, 0.15) is 31.1 Å². The van der Waals surface area contributed by atoms with Crippen molar-refractivity contribution in [2.24, 2.45) is 5.41 Å². The molecule has 144 valence electrons. The SMILES string of the molecule is CC(C)(C)C(=O)N1CCN(C(=O)c2cccnc2OCC(F)(F)F)CC1. The highest BCUT2D eigenvalue weighted by molar-refractivity contribution is 5.96. The Bertz CT molecular complexity index is 663. The summed E-state index contributed by atoms with van der Waals surface area (Å²) in [4.78, 5) is 31.8. The number of amides is 2. The van der Waals surface area contributed by atoms with Gasteiger partial charge in [0.1, 0.15) is 5.56 Å². The first-order valence-corrected chi connectivity index (χ1v) is 8.22. The van der Waals surface area contributed by atoms with E-state index in [0.717, 1.165) is 0 Å². The lowest BCUT2D eigenvalue weighted by molar-refractivity contribution is -0.154. The standard InChI is InChI=1S/C17H22F3N3O3/c1-16(2,3)15(25)23-9-7-22(8-10-23)14(24)12-5-4-6-21-13(12)26-11-17(18,19)20/h4-6H,7-11H2,1-3H3. The molecule has 26 heavy (non-hydrogen) atoms. The van der Waals surface area contributed by atoms with Crippen molar-refractivity contribution in [3.05, 3.63) is 23.9 Å². The van der Waals surface area contributed by atoms with Crippen LogP contribution in [0.5, 0.6) is 5.88 Å². The van der Waals surface area contributed by atoms with Gasteiger partial charge in [-0.05, 0) is 12.1 Å². The molecule has 0 bridgehead atoms. The minimum absolute atomic E-state index is 0.000163. The van der Waals surface area contributed by atoms with Gasteiger partial charge in [-0.2, -0.15) is 13.2 Å². The van der Waals surface area contributed by atoms with Crippen molar-refractivity contribution in [2.45, 2.75) is 26.9 Å². The van der Waals surface area contributed by atoms with Gasteiger partial charge in [-0.25, -0.2) is 4.98 Å². The number of pyridine rings is 1. The third-order valence-corrected chi connectivity index (χ3v) is 3.87. The molecule has 0 spiro atoms. The summed E-state index contributed by atoms with van der Waals surface area (Å²) in [5.41, 5.74) is -0.527. The van der Waals surface area contributed by atoms with Crippen LogP contribution in [0.3, 0.4) is 0 Å². The fraction of sp³-hybridized carbons (Fsp3) is 0.588. The number of piperazine rings is 1. The third-order valence-electron chi connectivity index (χ3n) is 3.87. The predicted molar refractivity (Wildman–Crippen MR) is 87.7 cm³/mol. The minimum Gasteiger partial charge on any atom is -0.467 e. The summed E-state index contributed by atoms with van der Waals surface area (Å²) in [6.07, 6.45) is -3.25. The van der Waals surface area contributed by atoms with Gasteiger partial charge < -0.3 is 14.5 Å². The van der Waals surface area contributed by atoms with Crippen LogP contribution >= 0.6 is 0 Å². The number of ether oxygens (including phenoxy) is 1. The van der Waals surface area contributed by atoms with E-state index in [1.807, 2.05) is 20.8 Å². The van der Waals surface area contributed by atoms with Gasteiger partial charge in [0.2, 0.25) is 11.8 Å². The summed E-state index contributed by atoms with van der Waals surface area (Å²) in [5.74, 6) is -0.804. The number of rotatable bonds is 3. The molecular weight excluding hydrogens is 351 g/mol. The third kappa shape index (κ3) is 5.09. The Kier molecular flexibility index (Phi) is 5.77. The Balaban J connectivity index is 2.04. The van der Waals surface area contributed by atoms with E-state index in [2.05, 4.69) is 9.72 Å². The fourth-order valence-electron chi connectivity index (χ4n) is 2.58. The van der Waals surface area contributed by atoms with Gasteiger partial charge in [-0.1, -0.05) is 20.8 Å². The molecule has 1 fully saturated rings. The molecule has 0 unspecified atom stereocenters. The number of aromatic nitrogens is 1. The van der Waals surface area contributed by atoms with Crippen molar-refractivity contribution in [3.63, 3.8) is 0 Å². The van der Waals surface area contributed by atoms with Gasteiger partial charge in [-0.3, -0.25) is 9.59 Å². The molecule has 2 amide bonds. The largest absolute Gasteiger partial charge is 0.467 e. The molecule has 2 heterocycles. The van der Waals surface area contributed by atoms with Crippen LogP contribution in [0.4, 0.5) is 13.2 Å². The van der Waals surface area contributed by atoms with Crippen molar-refractivity contribution >= 4 is 11.8 Å². The molecule has 1 saturated heterocycles. The number of hydrogen-bond acceptors (Lipinski definition) is 4. The van der Waals surface area contributed by atoms with E-state index < -0.39 is 24.1 Å². The number of carbonyl (C=O) groups is 2. The van der Waals surface area contributed by atoms with E-state index in [4.69, 9.17) is 0 Å². The molecule has 2 rings (SSSR count). The second-order valence-corrected chi connectivity index (χ2v) is 7.09. The lowest BCUT2D eigenvalue weighted by atomic mass is 9.94. The van der Waals surface area contributed by atoms with Crippen molar-refractivity contribution in [1.82, 2.24) is 14.8 Å². The Morgan fingerprint density at radius 2 is 1.69 bits per heavy atom. The first kappa shape index (κ1) is 20.0. The molecule has 0 saturated carbocycles.